The third-order valence-corrected chi connectivity index (χ3v) is 3.67. The second kappa shape index (κ2) is 6.96. The summed E-state index contributed by atoms with van der Waals surface area (Å²) in [6.45, 7) is 0. The molecular formula is C18H17N3O4. The summed E-state index contributed by atoms with van der Waals surface area (Å²) in [5.74, 6) is 0.672. The molecule has 2 aromatic carbocycles. The van der Waals surface area contributed by atoms with Gasteiger partial charge in [0.2, 0.25) is 0 Å². The lowest BCUT2D eigenvalue weighted by Crippen LogP contribution is -2.17. The third-order valence-electron chi connectivity index (χ3n) is 3.67. The summed E-state index contributed by atoms with van der Waals surface area (Å²) >= 11 is 0. The summed E-state index contributed by atoms with van der Waals surface area (Å²) in [4.78, 5) is 15.2. The largest absolute Gasteiger partial charge is 0.504 e. The lowest BCUT2D eigenvalue weighted by Gasteiger charge is -2.03. The normalized spacial score (nSPS) is 11.0. The predicted octanol–water partition coefficient (Wildman–Crippen LogP) is 2.65. The first-order valence-electron chi connectivity index (χ1n) is 7.48. The van der Waals surface area contributed by atoms with E-state index in [2.05, 4.69) is 15.5 Å². The fourth-order valence-electron chi connectivity index (χ4n) is 2.44. The van der Waals surface area contributed by atoms with Gasteiger partial charge in [-0.25, -0.2) is 5.43 Å². The molecule has 0 fully saturated rings. The van der Waals surface area contributed by atoms with Crippen LogP contribution in [0, 0.1) is 0 Å². The molecule has 0 spiro atoms. The van der Waals surface area contributed by atoms with Crippen LogP contribution in [0.5, 0.6) is 17.2 Å². The molecule has 0 atom stereocenters. The number of aromatic nitrogens is 1. The molecule has 3 rings (SSSR count). The average Bonchev–Trinajstić information content (AvgIpc) is 3.06. The highest BCUT2D eigenvalue weighted by Crippen LogP contribution is 2.26. The summed E-state index contributed by atoms with van der Waals surface area (Å²) in [6, 6.07) is 12.0. The number of aromatic hydroxyl groups is 1. The highest BCUT2D eigenvalue weighted by atomic mass is 16.5. The first-order chi connectivity index (χ1) is 12.1. The van der Waals surface area contributed by atoms with Crippen LogP contribution in [0.15, 0.2) is 47.6 Å². The summed E-state index contributed by atoms with van der Waals surface area (Å²) in [5, 5.41) is 14.4. The van der Waals surface area contributed by atoms with E-state index in [1.54, 1.807) is 25.3 Å². The summed E-state index contributed by atoms with van der Waals surface area (Å²) in [5.41, 5.74) is 4.23. The number of H-pyrrole nitrogens is 1. The number of rotatable bonds is 5. The van der Waals surface area contributed by atoms with E-state index in [-0.39, 0.29) is 11.7 Å². The number of carbonyl (C=O) groups is 1. The molecule has 0 unspecified atom stereocenters. The molecule has 0 aliphatic rings. The van der Waals surface area contributed by atoms with Crippen LogP contribution in [0.3, 0.4) is 0 Å². The number of amides is 1. The zero-order chi connectivity index (χ0) is 17.8. The molecule has 3 aromatic rings. The molecular weight excluding hydrogens is 322 g/mol. The van der Waals surface area contributed by atoms with E-state index in [9.17, 15) is 9.90 Å². The number of hydrazone groups is 1. The maximum absolute atomic E-state index is 12.2. The Kier molecular flexibility index (Phi) is 4.56. The van der Waals surface area contributed by atoms with E-state index in [1.165, 1.54) is 19.4 Å². The van der Waals surface area contributed by atoms with Gasteiger partial charge in [0.15, 0.2) is 11.5 Å². The number of phenols is 1. The summed E-state index contributed by atoms with van der Waals surface area (Å²) in [6.07, 6.45) is 1.43. The summed E-state index contributed by atoms with van der Waals surface area (Å²) < 4.78 is 10.2. The molecule has 0 saturated carbocycles. The van der Waals surface area contributed by atoms with Gasteiger partial charge in [0, 0.05) is 10.9 Å². The van der Waals surface area contributed by atoms with Gasteiger partial charge in [-0.05, 0) is 42.0 Å². The number of phenolic OH excluding ortho intramolecular Hbond substituents is 1. The van der Waals surface area contributed by atoms with Crippen molar-refractivity contribution in [1.29, 1.82) is 0 Å². The Morgan fingerprint density at radius 2 is 1.96 bits per heavy atom. The van der Waals surface area contributed by atoms with Crippen molar-refractivity contribution in [3.05, 3.63) is 53.7 Å². The van der Waals surface area contributed by atoms with Crippen LogP contribution in [-0.4, -0.2) is 36.4 Å². The smallest absolute Gasteiger partial charge is 0.287 e. The lowest BCUT2D eigenvalue weighted by atomic mass is 10.2. The van der Waals surface area contributed by atoms with Crippen LogP contribution in [-0.2, 0) is 0 Å². The number of nitrogens with one attached hydrogen (secondary N) is 2. The van der Waals surface area contributed by atoms with Crippen molar-refractivity contribution >= 4 is 23.0 Å². The Morgan fingerprint density at radius 3 is 2.68 bits per heavy atom. The van der Waals surface area contributed by atoms with Crippen molar-refractivity contribution < 1.29 is 19.4 Å². The zero-order valence-electron chi connectivity index (χ0n) is 13.7. The van der Waals surface area contributed by atoms with E-state index < -0.39 is 0 Å². The van der Waals surface area contributed by atoms with E-state index in [0.29, 0.717) is 22.8 Å². The number of methoxy groups -OCH3 is 2. The van der Waals surface area contributed by atoms with Gasteiger partial charge in [-0.1, -0.05) is 6.07 Å². The highest BCUT2D eigenvalue weighted by molar-refractivity contribution is 6.00. The summed E-state index contributed by atoms with van der Waals surface area (Å²) in [7, 11) is 3.05. The number of aromatic amines is 1. The van der Waals surface area contributed by atoms with Crippen molar-refractivity contribution in [3.8, 4) is 17.2 Å². The Bertz CT molecular complexity index is 947. The minimum Gasteiger partial charge on any atom is -0.504 e. The molecule has 7 nitrogen and oxygen atoms in total. The number of hydrogen-bond donors (Lipinski definition) is 3. The molecule has 0 bridgehead atoms. The Labute approximate surface area is 143 Å². The second-order valence-corrected chi connectivity index (χ2v) is 5.23. The van der Waals surface area contributed by atoms with Gasteiger partial charge < -0.3 is 19.6 Å². The van der Waals surface area contributed by atoms with Gasteiger partial charge in [0.05, 0.1) is 20.4 Å². The van der Waals surface area contributed by atoms with E-state index in [0.717, 1.165) is 10.9 Å². The molecule has 1 amide bonds. The van der Waals surface area contributed by atoms with E-state index in [1.807, 2.05) is 18.2 Å². The SMILES string of the molecule is COc1ccc(/C=N\NC(=O)c2cc3c(OC)cccc3[nH]2)cc1O. The van der Waals surface area contributed by atoms with Crippen LogP contribution < -0.4 is 14.9 Å². The van der Waals surface area contributed by atoms with Crippen LogP contribution in [0.25, 0.3) is 10.9 Å². The van der Waals surface area contributed by atoms with Crippen LogP contribution in [0.4, 0.5) is 0 Å². The van der Waals surface area contributed by atoms with Crippen molar-refractivity contribution in [2.24, 2.45) is 5.10 Å². The number of hydrogen-bond acceptors (Lipinski definition) is 5. The highest BCUT2D eigenvalue weighted by Gasteiger charge is 2.11. The van der Waals surface area contributed by atoms with E-state index >= 15 is 0 Å². The van der Waals surface area contributed by atoms with Crippen LogP contribution in [0.2, 0.25) is 0 Å². The first kappa shape index (κ1) is 16.4. The topological polar surface area (TPSA) is 95.9 Å². The lowest BCUT2D eigenvalue weighted by molar-refractivity contribution is 0.0951. The molecule has 25 heavy (non-hydrogen) atoms. The van der Waals surface area contributed by atoms with Crippen molar-refractivity contribution in [1.82, 2.24) is 10.4 Å². The number of benzene rings is 2. The van der Waals surface area contributed by atoms with Gasteiger partial charge in [-0.2, -0.15) is 5.10 Å². The number of ether oxygens (including phenoxy) is 2. The standard InChI is InChI=1S/C18H17N3O4/c1-24-16-5-3-4-13-12(16)9-14(20-13)18(23)21-19-10-11-6-7-17(25-2)15(22)8-11/h3-10,20,22H,1-2H3,(H,21,23)/b19-10-. The fourth-order valence-corrected chi connectivity index (χ4v) is 2.44. The molecule has 128 valence electrons. The number of carbonyl (C=O) groups excluding carboxylic acids is 1. The first-order valence-corrected chi connectivity index (χ1v) is 7.48. The van der Waals surface area contributed by atoms with Gasteiger partial charge in [0.1, 0.15) is 11.4 Å². The fraction of sp³-hybridized carbons (Fsp3) is 0.111. The van der Waals surface area contributed by atoms with Crippen molar-refractivity contribution in [2.75, 3.05) is 14.2 Å². The van der Waals surface area contributed by atoms with Gasteiger partial charge in [-0.3, -0.25) is 4.79 Å². The molecule has 3 N–H and O–H groups in total. The Hall–Kier alpha value is -3.48. The monoisotopic (exact) mass is 339 g/mol. The minimum absolute atomic E-state index is 0.000453. The maximum atomic E-state index is 12.2. The third kappa shape index (κ3) is 3.40. The van der Waals surface area contributed by atoms with Crippen LogP contribution >= 0.6 is 0 Å². The molecule has 1 heterocycles. The van der Waals surface area contributed by atoms with Crippen LogP contribution in [0.1, 0.15) is 16.1 Å². The Morgan fingerprint density at radius 1 is 1.16 bits per heavy atom. The maximum Gasteiger partial charge on any atom is 0.287 e. The predicted molar refractivity (Wildman–Crippen MR) is 94.6 cm³/mol. The molecule has 0 radical (unpaired) electrons. The number of fused-ring (bicyclic) bond motifs is 1. The second-order valence-electron chi connectivity index (χ2n) is 5.23. The van der Waals surface area contributed by atoms with Crippen molar-refractivity contribution in [2.45, 2.75) is 0 Å². The molecule has 0 aliphatic carbocycles. The van der Waals surface area contributed by atoms with Gasteiger partial charge in [-0.15, -0.1) is 0 Å². The molecule has 1 aromatic heterocycles. The zero-order valence-corrected chi connectivity index (χ0v) is 13.7. The van der Waals surface area contributed by atoms with Gasteiger partial charge in [0.25, 0.3) is 5.91 Å². The minimum atomic E-state index is -0.382. The van der Waals surface area contributed by atoms with E-state index in [4.69, 9.17) is 9.47 Å². The molecule has 0 aliphatic heterocycles. The van der Waals surface area contributed by atoms with Gasteiger partial charge >= 0.3 is 0 Å². The molecule has 7 heteroatoms. The van der Waals surface area contributed by atoms with Crippen molar-refractivity contribution in [3.63, 3.8) is 0 Å². The number of nitrogens with zero attached hydrogens (tertiary/aromatic N) is 1. The quantitative estimate of drug-likeness (QED) is 0.492. The Balaban J connectivity index is 1.73. The molecule has 0 saturated heterocycles. The average molecular weight is 339 g/mol.